The topological polar surface area (TPSA) is 67.2 Å². The van der Waals surface area contributed by atoms with Gasteiger partial charge in [-0.15, -0.1) is 0 Å². The number of aromatic nitrogens is 2. The summed E-state index contributed by atoms with van der Waals surface area (Å²) in [5, 5.41) is 0. The Balaban J connectivity index is 1.50. The summed E-state index contributed by atoms with van der Waals surface area (Å²) >= 11 is 0. The molecule has 144 valence electrons. The molecule has 7 heteroatoms. The normalized spacial score (nSPS) is 14.4. The van der Waals surface area contributed by atoms with E-state index in [1.54, 1.807) is 24.3 Å². The van der Waals surface area contributed by atoms with Crippen molar-refractivity contribution in [2.45, 2.75) is 6.92 Å². The number of ether oxygens (including phenoxy) is 1. The fraction of sp³-hybridized carbons (Fsp3) is 0.286. The third kappa shape index (κ3) is 3.31. The van der Waals surface area contributed by atoms with Gasteiger partial charge in [0.05, 0.1) is 7.11 Å². The van der Waals surface area contributed by atoms with Gasteiger partial charge >= 0.3 is 0 Å². The van der Waals surface area contributed by atoms with E-state index in [0.717, 1.165) is 17.0 Å². The summed E-state index contributed by atoms with van der Waals surface area (Å²) < 4.78 is 6.63. The lowest BCUT2D eigenvalue weighted by molar-refractivity contribution is 0.0744. The number of carbonyl (C=O) groups is 1. The predicted octanol–water partition coefficient (Wildman–Crippen LogP) is 1.97. The smallest absolute Gasteiger partial charge is 0.270 e. The van der Waals surface area contributed by atoms with Gasteiger partial charge in [-0.1, -0.05) is 6.07 Å². The highest BCUT2D eigenvalue weighted by atomic mass is 16.5. The fourth-order valence-electron chi connectivity index (χ4n) is 3.46. The van der Waals surface area contributed by atoms with Crippen LogP contribution in [0.2, 0.25) is 0 Å². The summed E-state index contributed by atoms with van der Waals surface area (Å²) in [6.45, 7) is 4.43. The molecule has 28 heavy (non-hydrogen) atoms. The van der Waals surface area contributed by atoms with Crippen LogP contribution in [0.1, 0.15) is 15.9 Å². The Bertz CT molecular complexity index is 1070. The van der Waals surface area contributed by atoms with E-state index in [1.807, 2.05) is 37.3 Å². The minimum Gasteiger partial charge on any atom is -0.497 e. The van der Waals surface area contributed by atoms with Gasteiger partial charge in [-0.2, -0.15) is 0 Å². The van der Waals surface area contributed by atoms with E-state index in [9.17, 15) is 9.59 Å². The van der Waals surface area contributed by atoms with Crippen LogP contribution in [0.4, 0.5) is 5.69 Å². The average molecular weight is 378 g/mol. The second kappa shape index (κ2) is 7.34. The average Bonchev–Trinajstić information content (AvgIpc) is 2.74. The van der Waals surface area contributed by atoms with E-state index in [0.29, 0.717) is 31.8 Å². The van der Waals surface area contributed by atoms with E-state index < -0.39 is 0 Å². The number of piperazine rings is 1. The predicted molar refractivity (Wildman–Crippen MR) is 107 cm³/mol. The standard InChI is InChI=1S/C21H22N4O3/c1-15-3-8-19-22-13-18(21(27)25(19)14-15)20(26)24-11-9-23(10-12-24)16-4-6-17(28-2)7-5-16/h3-8,13-14H,9-12H2,1-2H3. The number of aryl methyl sites for hydroxylation is 1. The van der Waals surface area contributed by atoms with E-state index in [1.165, 1.54) is 10.6 Å². The monoisotopic (exact) mass is 378 g/mol. The van der Waals surface area contributed by atoms with Gasteiger partial charge < -0.3 is 14.5 Å². The first-order valence-corrected chi connectivity index (χ1v) is 9.23. The van der Waals surface area contributed by atoms with Gasteiger partial charge in [-0.05, 0) is 42.8 Å². The molecule has 1 amide bonds. The molecule has 3 aromatic rings. The highest BCUT2D eigenvalue weighted by Gasteiger charge is 2.25. The molecule has 4 rings (SSSR count). The molecule has 1 fully saturated rings. The molecule has 0 unspecified atom stereocenters. The number of fused-ring (bicyclic) bond motifs is 1. The lowest BCUT2D eigenvalue weighted by Crippen LogP contribution is -2.49. The molecule has 0 aliphatic carbocycles. The highest BCUT2D eigenvalue weighted by molar-refractivity contribution is 5.94. The molecule has 0 spiro atoms. The Labute approximate surface area is 162 Å². The maximum Gasteiger partial charge on any atom is 0.270 e. The molecule has 0 saturated carbocycles. The minimum atomic E-state index is -0.323. The first kappa shape index (κ1) is 18.0. The van der Waals surface area contributed by atoms with Crippen LogP contribution in [-0.4, -0.2) is 53.5 Å². The number of hydrogen-bond acceptors (Lipinski definition) is 5. The number of rotatable bonds is 3. The van der Waals surface area contributed by atoms with Crippen LogP contribution in [0.5, 0.6) is 5.75 Å². The number of carbonyl (C=O) groups excluding carboxylic acids is 1. The van der Waals surface area contributed by atoms with Crippen LogP contribution in [0.3, 0.4) is 0 Å². The van der Waals surface area contributed by atoms with Crippen LogP contribution in [-0.2, 0) is 0 Å². The largest absolute Gasteiger partial charge is 0.497 e. The number of pyridine rings is 1. The zero-order valence-corrected chi connectivity index (χ0v) is 16.0. The zero-order chi connectivity index (χ0) is 19.7. The van der Waals surface area contributed by atoms with Gasteiger partial charge in [-0.25, -0.2) is 4.98 Å². The van der Waals surface area contributed by atoms with Crippen LogP contribution < -0.4 is 15.2 Å². The first-order valence-electron chi connectivity index (χ1n) is 9.23. The van der Waals surface area contributed by atoms with Crippen LogP contribution in [0.15, 0.2) is 53.6 Å². The van der Waals surface area contributed by atoms with Crippen LogP contribution >= 0.6 is 0 Å². The number of amides is 1. The van der Waals surface area contributed by atoms with Crippen LogP contribution in [0, 0.1) is 6.92 Å². The number of hydrogen-bond donors (Lipinski definition) is 0. The van der Waals surface area contributed by atoms with Crippen LogP contribution in [0.25, 0.3) is 5.65 Å². The summed E-state index contributed by atoms with van der Waals surface area (Å²) in [6, 6.07) is 11.5. The second-order valence-corrected chi connectivity index (χ2v) is 6.89. The molecule has 3 heterocycles. The van der Waals surface area contributed by atoms with Crippen molar-refractivity contribution in [2.75, 3.05) is 38.2 Å². The van der Waals surface area contributed by atoms with Crippen molar-refractivity contribution < 1.29 is 9.53 Å². The number of benzene rings is 1. The zero-order valence-electron chi connectivity index (χ0n) is 16.0. The highest BCUT2D eigenvalue weighted by Crippen LogP contribution is 2.20. The fourth-order valence-corrected chi connectivity index (χ4v) is 3.46. The summed E-state index contributed by atoms with van der Waals surface area (Å²) in [4.78, 5) is 33.9. The molecule has 1 saturated heterocycles. The van der Waals surface area contributed by atoms with Crippen molar-refractivity contribution in [3.05, 3.63) is 70.3 Å². The number of anilines is 1. The van der Waals surface area contributed by atoms with Gasteiger partial charge in [0.2, 0.25) is 0 Å². The maximum absolute atomic E-state index is 12.9. The second-order valence-electron chi connectivity index (χ2n) is 6.89. The van der Waals surface area contributed by atoms with Gasteiger partial charge in [0, 0.05) is 44.3 Å². The van der Waals surface area contributed by atoms with Crippen molar-refractivity contribution in [3.8, 4) is 5.75 Å². The van der Waals surface area contributed by atoms with Crippen molar-refractivity contribution in [1.82, 2.24) is 14.3 Å². The van der Waals surface area contributed by atoms with Gasteiger partial charge in [0.15, 0.2) is 0 Å². The van der Waals surface area contributed by atoms with E-state index in [2.05, 4.69) is 9.88 Å². The number of methoxy groups -OCH3 is 1. The Morgan fingerprint density at radius 3 is 2.43 bits per heavy atom. The summed E-state index contributed by atoms with van der Waals surface area (Å²) in [6.07, 6.45) is 3.11. The Kier molecular flexibility index (Phi) is 4.73. The lowest BCUT2D eigenvalue weighted by Gasteiger charge is -2.36. The lowest BCUT2D eigenvalue weighted by atomic mass is 10.2. The molecule has 0 bridgehead atoms. The molecule has 0 atom stereocenters. The Morgan fingerprint density at radius 2 is 1.75 bits per heavy atom. The van der Waals surface area contributed by atoms with Gasteiger partial charge in [0.25, 0.3) is 11.5 Å². The Morgan fingerprint density at radius 1 is 1.04 bits per heavy atom. The summed E-state index contributed by atoms with van der Waals surface area (Å²) in [5.41, 5.74) is 2.36. The Hall–Kier alpha value is -3.35. The molecule has 1 aromatic carbocycles. The van der Waals surface area contributed by atoms with E-state index in [-0.39, 0.29) is 17.0 Å². The molecule has 1 aliphatic heterocycles. The molecular formula is C21H22N4O3. The van der Waals surface area contributed by atoms with Crippen molar-refractivity contribution >= 4 is 17.2 Å². The molecule has 1 aliphatic rings. The third-order valence-corrected chi connectivity index (χ3v) is 5.08. The third-order valence-electron chi connectivity index (χ3n) is 5.08. The van der Waals surface area contributed by atoms with Crippen molar-refractivity contribution in [1.29, 1.82) is 0 Å². The number of nitrogens with zero attached hydrogens (tertiary/aromatic N) is 4. The molecule has 0 radical (unpaired) electrons. The molecular weight excluding hydrogens is 356 g/mol. The first-order chi connectivity index (χ1) is 13.6. The molecule has 0 N–H and O–H groups in total. The minimum absolute atomic E-state index is 0.112. The summed E-state index contributed by atoms with van der Waals surface area (Å²) in [5.74, 6) is 0.555. The van der Waals surface area contributed by atoms with Gasteiger partial charge in [-0.3, -0.25) is 14.0 Å². The van der Waals surface area contributed by atoms with Crippen molar-refractivity contribution in [2.24, 2.45) is 0 Å². The SMILES string of the molecule is COc1ccc(N2CCN(C(=O)c3cnc4ccc(C)cn4c3=O)CC2)cc1. The summed E-state index contributed by atoms with van der Waals surface area (Å²) in [7, 11) is 1.64. The maximum atomic E-state index is 12.9. The quantitative estimate of drug-likeness (QED) is 0.697. The van der Waals surface area contributed by atoms with E-state index in [4.69, 9.17) is 4.74 Å². The molecule has 7 nitrogen and oxygen atoms in total. The van der Waals surface area contributed by atoms with E-state index >= 15 is 0 Å². The molecule has 2 aromatic heterocycles. The van der Waals surface area contributed by atoms with Crippen molar-refractivity contribution in [3.63, 3.8) is 0 Å². The van der Waals surface area contributed by atoms with Gasteiger partial charge in [0.1, 0.15) is 17.0 Å².